The summed E-state index contributed by atoms with van der Waals surface area (Å²) in [7, 11) is 0. The quantitative estimate of drug-likeness (QED) is 0.367. The van der Waals surface area contributed by atoms with E-state index < -0.39 is 22.6 Å². The lowest BCUT2D eigenvalue weighted by Gasteiger charge is -2.35. The van der Waals surface area contributed by atoms with Gasteiger partial charge in [-0.25, -0.2) is 0 Å². The van der Waals surface area contributed by atoms with Crippen molar-refractivity contribution in [3.63, 3.8) is 0 Å². The van der Waals surface area contributed by atoms with Crippen LogP contribution in [-0.2, 0) is 19.1 Å². The van der Waals surface area contributed by atoms with E-state index in [0.717, 1.165) is 12.8 Å². The van der Waals surface area contributed by atoms with Crippen molar-refractivity contribution in [2.75, 3.05) is 31.2 Å². The maximum Gasteiger partial charge on any atom is 0.311 e. The molecule has 1 aromatic carbocycles. The molecule has 7 nitrogen and oxygen atoms in total. The molecule has 9 heteroatoms. The molecule has 0 saturated carbocycles. The molecular weight excluding hydrogens is 488 g/mol. The van der Waals surface area contributed by atoms with Crippen LogP contribution in [0.15, 0.2) is 48.6 Å². The lowest BCUT2D eigenvalue weighted by Crippen LogP contribution is -2.53. The molecule has 0 radical (unpaired) electrons. The van der Waals surface area contributed by atoms with Crippen molar-refractivity contribution in [2.24, 2.45) is 11.8 Å². The molecule has 5 atom stereocenters. The fourth-order valence-electron chi connectivity index (χ4n) is 5.74. The van der Waals surface area contributed by atoms with Gasteiger partial charge in [0.05, 0.1) is 23.2 Å². The molecule has 0 aliphatic carbocycles. The Balaban J connectivity index is 1.58. The number of likely N-dealkylation sites (tertiary alicyclic amines) is 1. The Morgan fingerprint density at radius 1 is 1.11 bits per heavy atom. The second-order valence-corrected chi connectivity index (χ2v) is 11.3. The zero-order valence-electron chi connectivity index (χ0n) is 19.3. The van der Waals surface area contributed by atoms with E-state index in [0.29, 0.717) is 43.2 Å². The molecule has 0 bridgehead atoms. The minimum atomic E-state index is -0.869. The number of fused-ring (bicyclic) bond motifs is 2. The normalized spacial score (nSPS) is 33.3. The van der Waals surface area contributed by atoms with Crippen LogP contribution in [-0.4, -0.2) is 70.1 Å². The maximum atomic E-state index is 14.2. The van der Waals surface area contributed by atoms with Gasteiger partial charge in [-0.3, -0.25) is 14.4 Å². The van der Waals surface area contributed by atoms with Crippen LogP contribution in [0.3, 0.4) is 0 Å². The molecule has 2 fully saturated rings. The van der Waals surface area contributed by atoms with Crippen LogP contribution in [0, 0.1) is 11.8 Å². The molecule has 1 spiro atoms. The number of hydrogen-bond acceptors (Lipinski definition) is 6. The summed E-state index contributed by atoms with van der Waals surface area (Å²) in [5.41, 5.74) is 0.706. The van der Waals surface area contributed by atoms with Gasteiger partial charge < -0.3 is 19.6 Å². The third-order valence-corrected chi connectivity index (χ3v) is 9.29. The minimum absolute atomic E-state index is 0.0165. The van der Waals surface area contributed by atoms with E-state index in [1.165, 1.54) is 0 Å². The minimum Gasteiger partial charge on any atom is -0.465 e. The van der Waals surface area contributed by atoms with Crippen molar-refractivity contribution in [1.29, 1.82) is 0 Å². The topological polar surface area (TPSA) is 87.2 Å². The number of nitrogens with zero attached hydrogens (tertiary/aromatic N) is 2. The molecule has 4 heterocycles. The molecule has 5 rings (SSSR count). The molecule has 1 aromatic rings. The molecule has 4 aliphatic rings. The van der Waals surface area contributed by atoms with Gasteiger partial charge >= 0.3 is 5.97 Å². The van der Waals surface area contributed by atoms with Crippen molar-refractivity contribution in [3.8, 4) is 0 Å². The van der Waals surface area contributed by atoms with Crippen molar-refractivity contribution in [3.05, 3.63) is 53.6 Å². The van der Waals surface area contributed by atoms with E-state index in [1.807, 2.05) is 18.2 Å². The number of unbranched alkanes of at least 4 members (excludes halogenated alkanes) is 1. The van der Waals surface area contributed by atoms with Crippen molar-refractivity contribution < 1.29 is 24.2 Å². The summed E-state index contributed by atoms with van der Waals surface area (Å²) in [5.74, 6) is -2.05. The number of carbonyl (C=O) groups excluding carboxylic acids is 3. The summed E-state index contributed by atoms with van der Waals surface area (Å²) in [5, 5.41) is 9.65. The number of thioether (sulfide) groups is 1. The van der Waals surface area contributed by atoms with Crippen LogP contribution in [0.5, 0.6) is 0 Å². The monoisotopic (exact) mass is 516 g/mol. The fraction of sp³-hybridized carbons (Fsp3) is 0.500. The number of esters is 1. The highest BCUT2D eigenvalue weighted by Crippen LogP contribution is 2.60. The van der Waals surface area contributed by atoms with Gasteiger partial charge in [-0.1, -0.05) is 35.9 Å². The van der Waals surface area contributed by atoms with Crippen LogP contribution in [0.1, 0.15) is 25.7 Å². The molecule has 2 amide bonds. The number of carbonyl (C=O) groups is 3. The van der Waals surface area contributed by atoms with E-state index in [-0.39, 0.29) is 29.6 Å². The number of cyclic esters (lactones) is 1. The number of anilines is 1. The Morgan fingerprint density at radius 2 is 1.91 bits per heavy atom. The lowest BCUT2D eigenvalue weighted by atomic mass is 9.78. The number of benzene rings is 1. The van der Waals surface area contributed by atoms with Gasteiger partial charge in [-0.2, -0.15) is 0 Å². The third kappa shape index (κ3) is 4.19. The first-order valence-corrected chi connectivity index (χ1v) is 13.4. The predicted molar refractivity (Wildman–Crippen MR) is 135 cm³/mol. The number of ether oxygens (including phenoxy) is 1. The molecule has 4 aliphatic heterocycles. The Labute approximate surface area is 214 Å². The number of allylic oxidation sites excluding steroid dienone is 1. The van der Waals surface area contributed by atoms with Gasteiger partial charge in [0.15, 0.2) is 0 Å². The van der Waals surface area contributed by atoms with Crippen molar-refractivity contribution >= 4 is 46.8 Å². The van der Waals surface area contributed by atoms with E-state index in [9.17, 15) is 19.5 Å². The molecule has 0 aromatic heterocycles. The maximum absolute atomic E-state index is 14.2. The van der Waals surface area contributed by atoms with E-state index in [2.05, 4.69) is 6.08 Å². The molecular formula is C26H29ClN2O5S. The van der Waals surface area contributed by atoms with Crippen LogP contribution < -0.4 is 4.90 Å². The average molecular weight is 517 g/mol. The van der Waals surface area contributed by atoms with Crippen LogP contribution in [0.2, 0.25) is 5.02 Å². The molecule has 1 unspecified atom stereocenters. The van der Waals surface area contributed by atoms with Gasteiger partial charge in [0, 0.05) is 35.7 Å². The second-order valence-electron chi connectivity index (χ2n) is 9.37. The first-order chi connectivity index (χ1) is 17.0. The summed E-state index contributed by atoms with van der Waals surface area (Å²) in [6.07, 6.45) is 10.7. The molecule has 1 N–H and O–H groups in total. The SMILES string of the molecule is O=C1OCCC/C=C\[C@@H]2S[C@]34C=CCN(c5ccc(Cl)cc5)C(=O)C3N(CCCCO)C(=O)[C@@H]4[C@H]12. The Bertz CT molecular complexity index is 1060. The Kier molecular flexibility index (Phi) is 6.97. The largest absolute Gasteiger partial charge is 0.465 e. The number of hydrogen-bond donors (Lipinski definition) is 1. The first-order valence-electron chi connectivity index (χ1n) is 12.1. The van der Waals surface area contributed by atoms with Crippen LogP contribution in [0.4, 0.5) is 5.69 Å². The van der Waals surface area contributed by atoms with Gasteiger partial charge in [-0.15, -0.1) is 11.8 Å². The average Bonchev–Trinajstić information content (AvgIpc) is 3.25. The summed E-state index contributed by atoms with van der Waals surface area (Å²) in [6, 6.07) is 6.33. The third-order valence-electron chi connectivity index (χ3n) is 7.30. The molecule has 2 saturated heterocycles. The zero-order valence-corrected chi connectivity index (χ0v) is 20.9. The summed E-state index contributed by atoms with van der Waals surface area (Å²) in [4.78, 5) is 44.7. The van der Waals surface area contributed by atoms with Crippen LogP contribution >= 0.6 is 23.4 Å². The summed E-state index contributed by atoms with van der Waals surface area (Å²) >= 11 is 7.61. The van der Waals surface area contributed by atoms with Gasteiger partial charge in [0.25, 0.3) is 5.91 Å². The standard InChI is InChI=1S/C26H29ClN2O5S/c27-17-8-10-18(11-9-17)28-14-6-12-26-21(20-19(35-26)7-2-1-5-16-34-25(20)33)23(31)29(13-3-4-15-30)22(26)24(28)32/h2,6-12,19-22,30H,1,3-5,13-16H2/b7-2-/t19-,20+,21-,22?,26-/m0/s1. The highest BCUT2D eigenvalue weighted by Gasteiger charge is 2.70. The summed E-state index contributed by atoms with van der Waals surface area (Å²) < 4.78 is 4.71. The van der Waals surface area contributed by atoms with E-state index in [1.54, 1.807) is 45.8 Å². The zero-order chi connectivity index (χ0) is 24.6. The Hall–Kier alpha value is -2.29. The number of halogens is 1. The van der Waals surface area contributed by atoms with E-state index in [4.69, 9.17) is 16.3 Å². The molecule has 186 valence electrons. The smallest absolute Gasteiger partial charge is 0.311 e. The van der Waals surface area contributed by atoms with Gasteiger partial charge in [-0.05, 0) is 49.9 Å². The fourth-order valence-corrected chi connectivity index (χ4v) is 7.87. The Morgan fingerprint density at radius 3 is 2.69 bits per heavy atom. The number of amides is 2. The van der Waals surface area contributed by atoms with Crippen molar-refractivity contribution in [2.45, 2.75) is 41.7 Å². The number of aliphatic hydroxyl groups is 1. The predicted octanol–water partition coefficient (Wildman–Crippen LogP) is 3.21. The number of aliphatic hydroxyl groups excluding tert-OH is 1. The lowest BCUT2D eigenvalue weighted by molar-refractivity contribution is -0.153. The summed E-state index contributed by atoms with van der Waals surface area (Å²) in [6.45, 7) is 1.05. The number of rotatable bonds is 5. The van der Waals surface area contributed by atoms with E-state index >= 15 is 0 Å². The van der Waals surface area contributed by atoms with Crippen molar-refractivity contribution in [1.82, 2.24) is 4.90 Å². The second kappa shape index (κ2) is 9.99. The molecule has 35 heavy (non-hydrogen) atoms. The highest BCUT2D eigenvalue weighted by molar-refractivity contribution is 8.02. The van der Waals surface area contributed by atoms with Gasteiger partial charge in [0.1, 0.15) is 6.04 Å². The highest BCUT2D eigenvalue weighted by atomic mass is 35.5. The van der Waals surface area contributed by atoms with Crippen LogP contribution in [0.25, 0.3) is 0 Å². The first kappa shape index (κ1) is 24.4. The van der Waals surface area contributed by atoms with Gasteiger partial charge in [0.2, 0.25) is 5.91 Å².